The molecule has 1 heterocycles. The SMILES string of the molecule is Br\C=C/C=C/C=C/c1ccco1. The fraction of sp³-hybridized carbons (Fsp3) is 0. The molecule has 0 N–H and O–H groups in total. The van der Waals surface area contributed by atoms with Crippen molar-refractivity contribution in [3.05, 3.63) is 53.4 Å². The third-order valence-corrected chi connectivity index (χ3v) is 1.51. The van der Waals surface area contributed by atoms with Gasteiger partial charge < -0.3 is 4.42 Å². The lowest BCUT2D eigenvalue weighted by Gasteiger charge is -1.78. The van der Waals surface area contributed by atoms with Crippen LogP contribution in [-0.2, 0) is 0 Å². The number of halogens is 1. The van der Waals surface area contributed by atoms with E-state index in [4.69, 9.17) is 4.42 Å². The van der Waals surface area contributed by atoms with Crippen LogP contribution in [0.25, 0.3) is 6.08 Å². The van der Waals surface area contributed by atoms with E-state index in [1.54, 1.807) is 11.2 Å². The molecule has 0 fully saturated rings. The lowest BCUT2D eigenvalue weighted by molar-refractivity contribution is 0.557. The van der Waals surface area contributed by atoms with Gasteiger partial charge in [0.2, 0.25) is 0 Å². The van der Waals surface area contributed by atoms with Crippen LogP contribution in [0.4, 0.5) is 0 Å². The minimum absolute atomic E-state index is 0.863. The van der Waals surface area contributed by atoms with Crippen molar-refractivity contribution in [1.29, 1.82) is 0 Å². The van der Waals surface area contributed by atoms with Gasteiger partial charge in [-0.3, -0.25) is 0 Å². The summed E-state index contributed by atoms with van der Waals surface area (Å²) in [6, 6.07) is 3.77. The van der Waals surface area contributed by atoms with Crippen molar-refractivity contribution in [3.63, 3.8) is 0 Å². The molecule has 0 unspecified atom stereocenters. The molecule has 1 aromatic rings. The second kappa shape index (κ2) is 5.61. The molecule has 0 aromatic carbocycles. The molecule has 0 aliphatic rings. The Balaban J connectivity index is 2.41. The Morgan fingerprint density at radius 1 is 1.17 bits per heavy atom. The van der Waals surface area contributed by atoms with Crippen LogP contribution in [0.3, 0.4) is 0 Å². The van der Waals surface area contributed by atoms with E-state index in [1.165, 1.54) is 0 Å². The molecule has 0 aliphatic heterocycles. The van der Waals surface area contributed by atoms with Crippen molar-refractivity contribution in [1.82, 2.24) is 0 Å². The highest BCUT2D eigenvalue weighted by Gasteiger charge is 1.82. The lowest BCUT2D eigenvalue weighted by Crippen LogP contribution is -1.56. The van der Waals surface area contributed by atoms with Crippen LogP contribution in [0.2, 0.25) is 0 Å². The molecule has 0 spiro atoms. The monoisotopic (exact) mass is 224 g/mol. The molecule has 0 saturated carbocycles. The van der Waals surface area contributed by atoms with Crippen LogP contribution in [0, 0.1) is 0 Å². The summed E-state index contributed by atoms with van der Waals surface area (Å²) in [5.41, 5.74) is 0. The Bertz CT molecular complexity index is 281. The van der Waals surface area contributed by atoms with Gasteiger partial charge in [-0.15, -0.1) is 0 Å². The second-order valence-electron chi connectivity index (χ2n) is 2.08. The Labute approximate surface area is 80.2 Å². The van der Waals surface area contributed by atoms with Gasteiger partial charge in [-0.25, -0.2) is 0 Å². The highest BCUT2D eigenvalue weighted by molar-refractivity contribution is 9.11. The molecule has 0 atom stereocenters. The van der Waals surface area contributed by atoms with E-state index in [-0.39, 0.29) is 0 Å². The fourth-order valence-corrected chi connectivity index (χ4v) is 0.883. The summed E-state index contributed by atoms with van der Waals surface area (Å²) in [6.07, 6.45) is 11.2. The molecule has 0 radical (unpaired) electrons. The summed E-state index contributed by atoms with van der Waals surface area (Å²) < 4.78 is 5.09. The predicted octanol–water partition coefficient (Wildman–Crippen LogP) is 3.76. The topological polar surface area (TPSA) is 13.1 Å². The van der Waals surface area contributed by atoms with Crippen LogP contribution >= 0.6 is 15.9 Å². The zero-order valence-electron chi connectivity index (χ0n) is 6.48. The van der Waals surface area contributed by atoms with Crippen LogP contribution in [0.15, 0.2) is 52.1 Å². The van der Waals surface area contributed by atoms with E-state index in [9.17, 15) is 0 Å². The number of furan rings is 1. The van der Waals surface area contributed by atoms with E-state index < -0.39 is 0 Å². The van der Waals surface area contributed by atoms with E-state index in [0.29, 0.717) is 0 Å². The average molecular weight is 225 g/mol. The first-order valence-electron chi connectivity index (χ1n) is 3.57. The summed E-state index contributed by atoms with van der Waals surface area (Å²) in [5.74, 6) is 0.863. The molecule has 2 heteroatoms. The molecule has 0 saturated heterocycles. The van der Waals surface area contributed by atoms with Crippen LogP contribution in [0.5, 0.6) is 0 Å². The molecular weight excluding hydrogens is 216 g/mol. The Morgan fingerprint density at radius 2 is 2.00 bits per heavy atom. The third kappa shape index (κ3) is 3.39. The molecule has 12 heavy (non-hydrogen) atoms. The highest BCUT2D eigenvalue weighted by Crippen LogP contribution is 2.01. The smallest absolute Gasteiger partial charge is 0.126 e. The second-order valence-corrected chi connectivity index (χ2v) is 2.61. The molecule has 0 aliphatic carbocycles. The Morgan fingerprint density at radius 3 is 2.67 bits per heavy atom. The largest absolute Gasteiger partial charge is 0.465 e. The van der Waals surface area contributed by atoms with Crippen LogP contribution in [0.1, 0.15) is 5.76 Å². The first kappa shape index (κ1) is 9.07. The molecule has 62 valence electrons. The molecule has 1 aromatic heterocycles. The quantitative estimate of drug-likeness (QED) is 0.714. The van der Waals surface area contributed by atoms with Crippen molar-refractivity contribution in [3.8, 4) is 0 Å². The van der Waals surface area contributed by atoms with Gasteiger partial charge in [0, 0.05) is 0 Å². The van der Waals surface area contributed by atoms with Gasteiger partial charge in [0.25, 0.3) is 0 Å². The maximum atomic E-state index is 5.09. The Kier molecular flexibility index (Phi) is 4.24. The number of rotatable bonds is 3. The van der Waals surface area contributed by atoms with Crippen LogP contribution < -0.4 is 0 Å². The molecule has 0 bridgehead atoms. The zero-order chi connectivity index (χ0) is 8.65. The summed E-state index contributed by atoms with van der Waals surface area (Å²) in [4.78, 5) is 1.80. The minimum Gasteiger partial charge on any atom is -0.465 e. The first-order chi connectivity index (χ1) is 5.93. The summed E-state index contributed by atoms with van der Waals surface area (Å²) in [6.45, 7) is 0. The maximum absolute atomic E-state index is 5.09. The van der Waals surface area contributed by atoms with Gasteiger partial charge in [-0.2, -0.15) is 0 Å². The third-order valence-electron chi connectivity index (χ3n) is 1.21. The molecular formula is C10H9BrO. The van der Waals surface area contributed by atoms with Crippen molar-refractivity contribution in [2.75, 3.05) is 0 Å². The van der Waals surface area contributed by atoms with E-state index >= 15 is 0 Å². The van der Waals surface area contributed by atoms with Crippen molar-refractivity contribution >= 4 is 22.0 Å². The van der Waals surface area contributed by atoms with E-state index in [1.807, 2.05) is 42.5 Å². The van der Waals surface area contributed by atoms with Crippen molar-refractivity contribution in [2.24, 2.45) is 0 Å². The fourth-order valence-electron chi connectivity index (χ4n) is 0.707. The minimum atomic E-state index is 0.863. The number of hydrogen-bond donors (Lipinski definition) is 0. The first-order valence-corrected chi connectivity index (χ1v) is 4.48. The van der Waals surface area contributed by atoms with Gasteiger partial charge >= 0.3 is 0 Å². The van der Waals surface area contributed by atoms with Crippen molar-refractivity contribution < 1.29 is 4.42 Å². The van der Waals surface area contributed by atoms with Gasteiger partial charge in [-0.05, 0) is 23.2 Å². The Hall–Kier alpha value is -1.02. The van der Waals surface area contributed by atoms with Gasteiger partial charge in [0.15, 0.2) is 0 Å². The van der Waals surface area contributed by atoms with E-state index in [0.717, 1.165) is 5.76 Å². The summed E-state index contributed by atoms with van der Waals surface area (Å²) >= 11 is 3.17. The summed E-state index contributed by atoms with van der Waals surface area (Å²) in [5, 5.41) is 0. The highest BCUT2D eigenvalue weighted by atomic mass is 79.9. The maximum Gasteiger partial charge on any atom is 0.126 e. The number of allylic oxidation sites excluding steroid dienone is 4. The van der Waals surface area contributed by atoms with Gasteiger partial charge in [0.05, 0.1) is 6.26 Å². The van der Waals surface area contributed by atoms with Gasteiger partial charge in [0.1, 0.15) is 5.76 Å². The molecule has 0 amide bonds. The number of hydrogen-bond acceptors (Lipinski definition) is 1. The average Bonchev–Trinajstić information content (AvgIpc) is 2.57. The zero-order valence-corrected chi connectivity index (χ0v) is 8.07. The van der Waals surface area contributed by atoms with Crippen LogP contribution in [-0.4, -0.2) is 0 Å². The standard InChI is InChI=1S/C10H9BrO/c11-8-4-2-1-3-6-10-7-5-9-12-10/h1-9H/b2-1+,6-3+,8-4-. The van der Waals surface area contributed by atoms with E-state index in [2.05, 4.69) is 15.9 Å². The lowest BCUT2D eigenvalue weighted by atomic mass is 10.4. The van der Waals surface area contributed by atoms with Crippen molar-refractivity contribution in [2.45, 2.75) is 0 Å². The normalized spacial score (nSPS) is 12.4. The van der Waals surface area contributed by atoms with Gasteiger partial charge in [-0.1, -0.05) is 40.2 Å². The molecule has 1 nitrogen and oxygen atoms in total. The molecule has 1 rings (SSSR count). The predicted molar refractivity (Wildman–Crippen MR) is 54.9 cm³/mol. The summed E-state index contributed by atoms with van der Waals surface area (Å²) in [7, 11) is 0.